The van der Waals surface area contributed by atoms with Crippen LogP contribution in [0.2, 0.25) is 5.02 Å². The lowest BCUT2D eigenvalue weighted by atomic mass is 9.97. The summed E-state index contributed by atoms with van der Waals surface area (Å²) >= 11 is 6.03. The summed E-state index contributed by atoms with van der Waals surface area (Å²) in [7, 11) is 1.46. The lowest BCUT2D eigenvalue weighted by Gasteiger charge is -2.21. The third-order valence-corrected chi connectivity index (χ3v) is 3.39. The number of methoxy groups -OCH3 is 1. The molecule has 0 radical (unpaired) electrons. The van der Waals surface area contributed by atoms with E-state index < -0.39 is 5.67 Å². The van der Waals surface area contributed by atoms with Gasteiger partial charge in [-0.15, -0.1) is 0 Å². The minimum Gasteiger partial charge on any atom is -0.456 e. The Morgan fingerprint density at radius 2 is 2.26 bits per heavy atom. The van der Waals surface area contributed by atoms with E-state index in [9.17, 15) is 4.39 Å². The number of fused-ring (bicyclic) bond motifs is 1. The van der Waals surface area contributed by atoms with Crippen molar-refractivity contribution in [2.24, 2.45) is 5.73 Å². The van der Waals surface area contributed by atoms with E-state index in [1.165, 1.54) is 7.11 Å². The van der Waals surface area contributed by atoms with E-state index in [-0.39, 0.29) is 18.8 Å². The van der Waals surface area contributed by atoms with E-state index >= 15 is 0 Å². The summed E-state index contributed by atoms with van der Waals surface area (Å²) in [6, 6.07) is 7.04. The molecule has 1 aromatic carbocycles. The predicted molar refractivity (Wildman–Crippen MR) is 74.2 cm³/mol. The van der Waals surface area contributed by atoms with E-state index in [0.29, 0.717) is 23.6 Å². The van der Waals surface area contributed by atoms with E-state index in [4.69, 9.17) is 26.5 Å². The molecule has 1 aromatic heterocycles. The SMILES string of the molecule is COCC(F)(CCCN)c1cc2cccc(Cl)c2o1. The molecule has 0 saturated heterocycles. The fourth-order valence-electron chi connectivity index (χ4n) is 2.13. The summed E-state index contributed by atoms with van der Waals surface area (Å²) in [5.74, 6) is 0.242. The van der Waals surface area contributed by atoms with Crippen LogP contribution in [0.3, 0.4) is 0 Å². The third-order valence-electron chi connectivity index (χ3n) is 3.09. The molecule has 2 rings (SSSR count). The Labute approximate surface area is 116 Å². The van der Waals surface area contributed by atoms with Gasteiger partial charge in [0.25, 0.3) is 0 Å². The molecule has 0 aliphatic carbocycles. The van der Waals surface area contributed by atoms with E-state index in [0.717, 1.165) is 5.39 Å². The van der Waals surface area contributed by atoms with Gasteiger partial charge in [0.05, 0.1) is 11.6 Å². The van der Waals surface area contributed by atoms with Crippen LogP contribution in [0.5, 0.6) is 0 Å². The molecule has 1 unspecified atom stereocenters. The summed E-state index contributed by atoms with van der Waals surface area (Å²) in [5, 5.41) is 1.26. The van der Waals surface area contributed by atoms with Crippen LogP contribution >= 0.6 is 11.6 Å². The first-order valence-corrected chi connectivity index (χ1v) is 6.55. The molecule has 2 N–H and O–H groups in total. The maximum Gasteiger partial charge on any atom is 0.191 e. The van der Waals surface area contributed by atoms with Crippen molar-refractivity contribution in [3.63, 3.8) is 0 Å². The second kappa shape index (κ2) is 5.90. The van der Waals surface area contributed by atoms with Gasteiger partial charge < -0.3 is 14.9 Å². The van der Waals surface area contributed by atoms with Gasteiger partial charge >= 0.3 is 0 Å². The molecular weight excluding hydrogens is 269 g/mol. The molecule has 5 heteroatoms. The number of rotatable bonds is 6. The second-order valence-corrected chi connectivity index (χ2v) is 4.97. The van der Waals surface area contributed by atoms with Crippen LogP contribution in [0.25, 0.3) is 11.0 Å². The molecule has 0 bridgehead atoms. The van der Waals surface area contributed by atoms with Crippen LogP contribution in [0.15, 0.2) is 28.7 Å². The van der Waals surface area contributed by atoms with Crippen LogP contribution in [0, 0.1) is 0 Å². The highest BCUT2D eigenvalue weighted by molar-refractivity contribution is 6.34. The average Bonchev–Trinajstić information content (AvgIpc) is 2.83. The van der Waals surface area contributed by atoms with E-state index in [1.54, 1.807) is 18.2 Å². The van der Waals surface area contributed by atoms with Crippen molar-refractivity contribution in [3.8, 4) is 0 Å². The zero-order valence-corrected chi connectivity index (χ0v) is 11.5. The van der Waals surface area contributed by atoms with Crippen LogP contribution in [-0.4, -0.2) is 20.3 Å². The van der Waals surface area contributed by atoms with Gasteiger partial charge in [0.1, 0.15) is 5.76 Å². The van der Waals surface area contributed by atoms with Gasteiger partial charge in [-0.05, 0) is 31.5 Å². The first-order chi connectivity index (χ1) is 9.10. The number of alkyl halides is 1. The van der Waals surface area contributed by atoms with Crippen molar-refractivity contribution in [1.29, 1.82) is 0 Å². The normalized spacial score (nSPS) is 14.7. The topological polar surface area (TPSA) is 48.4 Å². The maximum absolute atomic E-state index is 15.0. The molecule has 0 aliphatic heterocycles. The Morgan fingerprint density at radius 3 is 2.89 bits per heavy atom. The molecule has 2 aromatic rings. The Kier molecular flexibility index (Phi) is 4.45. The van der Waals surface area contributed by atoms with Gasteiger partial charge in [0.2, 0.25) is 0 Å². The van der Waals surface area contributed by atoms with Gasteiger partial charge in [-0.1, -0.05) is 23.7 Å². The van der Waals surface area contributed by atoms with Gasteiger partial charge in [0, 0.05) is 12.5 Å². The number of hydrogen-bond acceptors (Lipinski definition) is 3. The monoisotopic (exact) mass is 285 g/mol. The smallest absolute Gasteiger partial charge is 0.191 e. The average molecular weight is 286 g/mol. The molecule has 0 aliphatic rings. The highest BCUT2D eigenvalue weighted by atomic mass is 35.5. The predicted octanol–water partition coefficient (Wildman–Crippen LogP) is 3.64. The number of hydrogen-bond donors (Lipinski definition) is 1. The summed E-state index contributed by atoms with van der Waals surface area (Å²) in [6.45, 7) is 0.362. The molecule has 0 saturated carbocycles. The number of ether oxygens (including phenoxy) is 1. The molecule has 0 amide bonds. The molecule has 3 nitrogen and oxygen atoms in total. The Bertz CT molecular complexity index is 557. The Hall–Kier alpha value is -1.10. The van der Waals surface area contributed by atoms with Crippen LogP contribution < -0.4 is 5.73 Å². The Balaban J connectivity index is 2.41. The van der Waals surface area contributed by atoms with Crippen molar-refractivity contribution >= 4 is 22.6 Å². The summed E-state index contributed by atoms with van der Waals surface area (Å²) < 4.78 is 25.5. The van der Waals surface area contributed by atoms with Gasteiger partial charge in [-0.25, -0.2) is 4.39 Å². The molecule has 0 fully saturated rings. The molecular formula is C14H17ClFNO2. The number of nitrogens with two attached hydrogens (primary N) is 1. The fraction of sp³-hybridized carbons (Fsp3) is 0.429. The zero-order chi connectivity index (χ0) is 13.9. The standard InChI is InChI=1S/C14H17ClFNO2/c1-18-9-14(16,6-3-7-17)12-8-10-4-2-5-11(15)13(10)19-12/h2,4-5,8H,3,6-7,9,17H2,1H3. The lowest BCUT2D eigenvalue weighted by molar-refractivity contribution is 0.0152. The second-order valence-electron chi connectivity index (χ2n) is 4.56. The summed E-state index contributed by atoms with van der Waals surface area (Å²) in [5.41, 5.74) is 4.28. The highest BCUT2D eigenvalue weighted by Crippen LogP contribution is 2.37. The number of furan rings is 1. The highest BCUT2D eigenvalue weighted by Gasteiger charge is 2.35. The van der Waals surface area contributed by atoms with Crippen molar-refractivity contribution in [1.82, 2.24) is 0 Å². The van der Waals surface area contributed by atoms with Crippen molar-refractivity contribution in [2.45, 2.75) is 18.5 Å². The quantitative estimate of drug-likeness (QED) is 0.881. The van der Waals surface area contributed by atoms with Crippen LogP contribution in [-0.2, 0) is 10.4 Å². The molecule has 104 valence electrons. The number of benzene rings is 1. The first-order valence-electron chi connectivity index (χ1n) is 6.17. The molecule has 0 spiro atoms. The van der Waals surface area contributed by atoms with Gasteiger partial charge in [-0.2, -0.15) is 0 Å². The molecule has 1 heterocycles. The van der Waals surface area contributed by atoms with Crippen LogP contribution in [0.4, 0.5) is 4.39 Å². The summed E-state index contributed by atoms with van der Waals surface area (Å²) in [6.07, 6.45) is 0.819. The minimum atomic E-state index is -1.67. The molecule has 19 heavy (non-hydrogen) atoms. The molecule has 1 atom stereocenters. The third kappa shape index (κ3) is 2.91. The largest absolute Gasteiger partial charge is 0.456 e. The summed E-state index contributed by atoms with van der Waals surface area (Å²) in [4.78, 5) is 0. The van der Waals surface area contributed by atoms with Gasteiger partial charge in [-0.3, -0.25) is 0 Å². The lowest BCUT2D eigenvalue weighted by Crippen LogP contribution is -2.26. The Morgan fingerprint density at radius 1 is 1.47 bits per heavy atom. The van der Waals surface area contributed by atoms with E-state index in [2.05, 4.69) is 0 Å². The van der Waals surface area contributed by atoms with Crippen molar-refractivity contribution < 1.29 is 13.5 Å². The number of halogens is 2. The first kappa shape index (κ1) is 14.3. The maximum atomic E-state index is 15.0. The number of para-hydroxylation sites is 1. The van der Waals surface area contributed by atoms with Gasteiger partial charge in [0.15, 0.2) is 11.3 Å². The minimum absolute atomic E-state index is 0.0650. The van der Waals surface area contributed by atoms with Crippen molar-refractivity contribution in [3.05, 3.63) is 35.0 Å². The van der Waals surface area contributed by atoms with Crippen LogP contribution in [0.1, 0.15) is 18.6 Å². The van der Waals surface area contributed by atoms with Crippen molar-refractivity contribution in [2.75, 3.05) is 20.3 Å². The zero-order valence-electron chi connectivity index (χ0n) is 10.8. The van der Waals surface area contributed by atoms with E-state index in [1.807, 2.05) is 6.07 Å². The fourth-order valence-corrected chi connectivity index (χ4v) is 2.35.